The van der Waals surface area contributed by atoms with Gasteiger partial charge in [0.05, 0.1) is 5.75 Å². The number of nitrogens with zero attached hydrogens (tertiary/aromatic N) is 3. The molecule has 1 atom stereocenters. The van der Waals surface area contributed by atoms with Gasteiger partial charge in [-0.25, -0.2) is 9.97 Å². The molecular formula is C21H27F3N4O2S. The number of carbonyl (C=O) groups is 1. The minimum atomic E-state index is -4.56. The van der Waals surface area contributed by atoms with Crippen LogP contribution in [0.4, 0.5) is 19.0 Å². The van der Waals surface area contributed by atoms with E-state index in [1.807, 2.05) is 25.7 Å². The van der Waals surface area contributed by atoms with Gasteiger partial charge in [0.15, 0.2) is 16.6 Å². The fourth-order valence-corrected chi connectivity index (χ4v) is 4.05. The molecule has 31 heavy (non-hydrogen) atoms. The van der Waals surface area contributed by atoms with E-state index in [0.717, 1.165) is 37.1 Å². The molecule has 1 N–H and O–H groups in total. The molecule has 0 radical (unpaired) electrons. The van der Waals surface area contributed by atoms with Crippen molar-refractivity contribution in [2.24, 2.45) is 5.92 Å². The average Bonchev–Trinajstić information content (AvgIpc) is 3.19. The Kier molecular flexibility index (Phi) is 7.51. The number of aromatic nitrogens is 2. The quantitative estimate of drug-likeness (QED) is 0.459. The van der Waals surface area contributed by atoms with E-state index >= 15 is 0 Å². The lowest BCUT2D eigenvalue weighted by Gasteiger charge is -2.34. The van der Waals surface area contributed by atoms with Crippen LogP contribution in [0.1, 0.15) is 62.0 Å². The number of piperidine rings is 1. The van der Waals surface area contributed by atoms with Crippen molar-refractivity contribution in [1.82, 2.24) is 15.3 Å². The molecule has 0 spiro atoms. The molecule has 170 valence electrons. The Morgan fingerprint density at radius 3 is 2.77 bits per heavy atom. The summed E-state index contributed by atoms with van der Waals surface area (Å²) in [5, 5.41) is 2.80. The van der Waals surface area contributed by atoms with E-state index in [1.54, 1.807) is 12.1 Å². The Bertz CT molecular complexity index is 901. The zero-order valence-electron chi connectivity index (χ0n) is 17.8. The molecule has 1 aliphatic heterocycles. The number of amides is 1. The minimum absolute atomic E-state index is 0.0322. The Balaban J connectivity index is 1.74. The van der Waals surface area contributed by atoms with Crippen molar-refractivity contribution in [3.8, 4) is 0 Å². The van der Waals surface area contributed by atoms with Gasteiger partial charge in [-0.3, -0.25) is 4.79 Å². The van der Waals surface area contributed by atoms with Crippen LogP contribution in [0, 0.1) is 5.92 Å². The molecule has 1 fully saturated rings. The Labute approximate surface area is 184 Å². The number of rotatable bonds is 7. The van der Waals surface area contributed by atoms with E-state index < -0.39 is 11.9 Å². The Hall–Kier alpha value is -2.23. The van der Waals surface area contributed by atoms with E-state index in [4.69, 9.17) is 4.42 Å². The van der Waals surface area contributed by atoms with E-state index in [9.17, 15) is 18.0 Å². The van der Waals surface area contributed by atoms with Gasteiger partial charge >= 0.3 is 6.18 Å². The van der Waals surface area contributed by atoms with E-state index in [2.05, 4.69) is 15.3 Å². The molecule has 0 saturated carbocycles. The first kappa shape index (κ1) is 23.4. The normalized spacial score (nSPS) is 17.3. The monoisotopic (exact) mass is 456 g/mol. The second kappa shape index (κ2) is 9.93. The highest BCUT2D eigenvalue weighted by molar-refractivity contribution is 7.98. The number of thioether (sulfide) groups is 1. The highest BCUT2D eigenvalue weighted by atomic mass is 32.2. The number of alkyl halides is 3. The van der Waals surface area contributed by atoms with Crippen molar-refractivity contribution >= 4 is 23.5 Å². The maximum atomic E-state index is 13.4. The summed E-state index contributed by atoms with van der Waals surface area (Å²) in [7, 11) is 0. The van der Waals surface area contributed by atoms with Crippen LogP contribution in [0.5, 0.6) is 0 Å². The summed E-state index contributed by atoms with van der Waals surface area (Å²) in [5.74, 6) is 1.14. The minimum Gasteiger partial charge on any atom is -0.455 e. The smallest absolute Gasteiger partial charge is 0.433 e. The predicted octanol–water partition coefficient (Wildman–Crippen LogP) is 5.15. The van der Waals surface area contributed by atoms with Gasteiger partial charge in [0, 0.05) is 25.2 Å². The molecule has 3 heterocycles. The molecule has 0 aromatic carbocycles. The second-order valence-electron chi connectivity index (χ2n) is 8.09. The van der Waals surface area contributed by atoms with Crippen molar-refractivity contribution in [3.63, 3.8) is 0 Å². The molecule has 6 nitrogen and oxygen atoms in total. The van der Waals surface area contributed by atoms with Crippen LogP contribution in [0.2, 0.25) is 0 Å². The van der Waals surface area contributed by atoms with Gasteiger partial charge in [-0.05, 0) is 44.2 Å². The molecule has 10 heteroatoms. The van der Waals surface area contributed by atoms with Gasteiger partial charge < -0.3 is 14.6 Å². The SMILES string of the molecule is CC(C)CNC(=O)c1ccc(CSc2nc(N3CCCCC3C)cc(C(F)(F)F)n2)o1. The summed E-state index contributed by atoms with van der Waals surface area (Å²) in [6.07, 6.45) is -1.66. The third-order valence-electron chi connectivity index (χ3n) is 4.98. The lowest BCUT2D eigenvalue weighted by molar-refractivity contribution is -0.141. The average molecular weight is 457 g/mol. The first-order valence-electron chi connectivity index (χ1n) is 10.4. The lowest BCUT2D eigenvalue weighted by Crippen LogP contribution is -2.38. The Morgan fingerprint density at radius 1 is 1.32 bits per heavy atom. The van der Waals surface area contributed by atoms with Gasteiger partial charge in [-0.2, -0.15) is 13.2 Å². The molecule has 1 unspecified atom stereocenters. The highest BCUT2D eigenvalue weighted by Gasteiger charge is 2.35. The largest absolute Gasteiger partial charge is 0.455 e. The van der Waals surface area contributed by atoms with Crippen LogP contribution in [-0.4, -0.2) is 35.0 Å². The second-order valence-corrected chi connectivity index (χ2v) is 9.03. The summed E-state index contributed by atoms with van der Waals surface area (Å²) < 4.78 is 45.8. The first-order valence-corrected chi connectivity index (χ1v) is 11.3. The molecule has 0 aliphatic carbocycles. The number of halogens is 3. The molecule has 1 saturated heterocycles. The van der Waals surface area contributed by atoms with Crippen molar-refractivity contribution in [2.75, 3.05) is 18.0 Å². The van der Waals surface area contributed by atoms with Crippen LogP contribution < -0.4 is 10.2 Å². The summed E-state index contributed by atoms with van der Waals surface area (Å²) in [4.78, 5) is 22.1. The standard InChI is InChI=1S/C21H27F3N4O2S/c1-13(2)11-25-19(29)16-8-7-15(30-16)12-31-20-26-17(21(22,23)24)10-18(27-20)28-9-5-4-6-14(28)3/h7-8,10,13-14H,4-6,9,11-12H2,1-3H3,(H,25,29). The van der Waals surface area contributed by atoms with Crippen LogP contribution in [0.15, 0.2) is 27.8 Å². The highest BCUT2D eigenvalue weighted by Crippen LogP contribution is 2.34. The molecule has 3 rings (SSSR count). The third-order valence-corrected chi connectivity index (χ3v) is 5.85. The molecule has 1 amide bonds. The Morgan fingerprint density at radius 2 is 2.10 bits per heavy atom. The fourth-order valence-electron chi connectivity index (χ4n) is 3.31. The van der Waals surface area contributed by atoms with Crippen molar-refractivity contribution in [3.05, 3.63) is 35.4 Å². The summed E-state index contributed by atoms with van der Waals surface area (Å²) in [6, 6.07) is 4.34. The van der Waals surface area contributed by atoms with Crippen LogP contribution in [0.3, 0.4) is 0 Å². The van der Waals surface area contributed by atoms with Crippen molar-refractivity contribution < 1.29 is 22.4 Å². The van der Waals surface area contributed by atoms with Gasteiger partial charge in [0.1, 0.15) is 11.6 Å². The van der Waals surface area contributed by atoms with Gasteiger partial charge in [0.25, 0.3) is 5.91 Å². The zero-order valence-corrected chi connectivity index (χ0v) is 18.6. The maximum absolute atomic E-state index is 13.4. The van der Waals surface area contributed by atoms with Crippen molar-refractivity contribution in [2.45, 2.75) is 63.2 Å². The van der Waals surface area contributed by atoms with Crippen LogP contribution in [0.25, 0.3) is 0 Å². The molecule has 2 aromatic heterocycles. The molecule has 0 bridgehead atoms. The third kappa shape index (κ3) is 6.38. The number of hydrogen-bond donors (Lipinski definition) is 1. The predicted molar refractivity (Wildman–Crippen MR) is 113 cm³/mol. The van der Waals surface area contributed by atoms with Gasteiger partial charge in [-0.15, -0.1) is 0 Å². The molecule has 1 aliphatic rings. The van der Waals surface area contributed by atoms with Crippen LogP contribution >= 0.6 is 11.8 Å². The van der Waals surface area contributed by atoms with Gasteiger partial charge in [0.2, 0.25) is 0 Å². The fraction of sp³-hybridized carbons (Fsp3) is 0.571. The number of furan rings is 1. The maximum Gasteiger partial charge on any atom is 0.433 e. The van der Waals surface area contributed by atoms with Crippen molar-refractivity contribution in [1.29, 1.82) is 0 Å². The van der Waals surface area contributed by atoms with E-state index in [0.29, 0.717) is 30.6 Å². The summed E-state index contributed by atoms with van der Waals surface area (Å²) in [5.41, 5.74) is -0.953. The first-order chi connectivity index (χ1) is 14.6. The summed E-state index contributed by atoms with van der Waals surface area (Å²) in [6.45, 7) is 7.17. The zero-order chi connectivity index (χ0) is 22.6. The number of nitrogens with one attached hydrogen (secondary N) is 1. The van der Waals surface area contributed by atoms with E-state index in [-0.39, 0.29) is 28.6 Å². The summed E-state index contributed by atoms with van der Waals surface area (Å²) >= 11 is 1.05. The number of anilines is 1. The lowest BCUT2D eigenvalue weighted by atomic mass is 10.0. The number of hydrogen-bond acceptors (Lipinski definition) is 6. The van der Waals surface area contributed by atoms with Gasteiger partial charge in [-0.1, -0.05) is 25.6 Å². The topological polar surface area (TPSA) is 71.3 Å². The molecule has 2 aromatic rings. The van der Waals surface area contributed by atoms with E-state index in [1.165, 1.54) is 0 Å². The molecular weight excluding hydrogens is 429 g/mol. The number of carbonyl (C=O) groups excluding carboxylic acids is 1. The van der Waals surface area contributed by atoms with Crippen LogP contribution in [-0.2, 0) is 11.9 Å².